The van der Waals surface area contributed by atoms with Crippen LogP contribution in [0.2, 0.25) is 0 Å². The third-order valence-corrected chi connectivity index (χ3v) is 4.04. The largest absolute Gasteiger partial charge is 0.497 e. The number of benzene rings is 1. The molecule has 0 saturated heterocycles. The Bertz CT molecular complexity index is 373. The fourth-order valence-corrected chi connectivity index (χ4v) is 2.73. The van der Waals surface area contributed by atoms with Crippen molar-refractivity contribution in [1.82, 2.24) is 5.32 Å². The van der Waals surface area contributed by atoms with Gasteiger partial charge in [-0.15, -0.1) is 0 Å². The van der Waals surface area contributed by atoms with E-state index < -0.39 is 0 Å². The lowest BCUT2D eigenvalue weighted by Gasteiger charge is -2.30. The van der Waals surface area contributed by atoms with E-state index in [1.165, 1.54) is 31.2 Å². The van der Waals surface area contributed by atoms with Gasteiger partial charge in [0.2, 0.25) is 0 Å². The first-order chi connectivity index (χ1) is 8.69. The molecular weight excluding hydrogens is 222 g/mol. The summed E-state index contributed by atoms with van der Waals surface area (Å²) in [7, 11) is 1.72. The monoisotopic (exact) mass is 247 g/mol. The third-order valence-electron chi connectivity index (χ3n) is 4.04. The molecule has 0 amide bonds. The second-order valence-corrected chi connectivity index (χ2v) is 5.60. The van der Waals surface area contributed by atoms with Crippen molar-refractivity contribution >= 4 is 0 Å². The van der Waals surface area contributed by atoms with Crippen molar-refractivity contribution < 1.29 is 4.74 Å². The van der Waals surface area contributed by atoms with E-state index in [0.717, 1.165) is 11.7 Å². The van der Waals surface area contributed by atoms with Crippen LogP contribution < -0.4 is 10.1 Å². The molecule has 0 radical (unpaired) electrons. The molecule has 0 aromatic heterocycles. The Morgan fingerprint density at radius 2 is 2.11 bits per heavy atom. The maximum absolute atomic E-state index is 5.27. The van der Waals surface area contributed by atoms with E-state index in [1.54, 1.807) is 7.11 Å². The number of ether oxygens (including phenoxy) is 1. The summed E-state index contributed by atoms with van der Waals surface area (Å²) >= 11 is 0. The number of hydrogen-bond donors (Lipinski definition) is 1. The quantitative estimate of drug-likeness (QED) is 0.822. The van der Waals surface area contributed by atoms with E-state index >= 15 is 0 Å². The number of nitrogens with one attached hydrogen (secondary N) is 1. The maximum atomic E-state index is 5.27. The lowest BCUT2D eigenvalue weighted by molar-refractivity contribution is 0.259. The van der Waals surface area contributed by atoms with Crippen LogP contribution in [0.1, 0.15) is 51.1 Å². The van der Waals surface area contributed by atoms with Crippen LogP contribution in [-0.2, 0) is 0 Å². The van der Waals surface area contributed by atoms with Crippen molar-refractivity contribution in [2.75, 3.05) is 7.11 Å². The highest BCUT2D eigenvalue weighted by atomic mass is 16.5. The molecule has 2 heteroatoms. The fraction of sp³-hybridized carbons (Fsp3) is 0.625. The van der Waals surface area contributed by atoms with E-state index in [0.29, 0.717) is 12.1 Å². The van der Waals surface area contributed by atoms with E-state index in [1.807, 2.05) is 6.07 Å². The van der Waals surface area contributed by atoms with Gasteiger partial charge in [0, 0.05) is 12.1 Å². The molecule has 2 nitrogen and oxygen atoms in total. The first kappa shape index (κ1) is 13.4. The molecular formula is C16H25NO. The highest BCUT2D eigenvalue weighted by Gasteiger charge is 2.20. The maximum Gasteiger partial charge on any atom is 0.119 e. The van der Waals surface area contributed by atoms with Crippen molar-refractivity contribution in [2.24, 2.45) is 5.92 Å². The summed E-state index contributed by atoms with van der Waals surface area (Å²) in [5, 5.41) is 3.69. The zero-order chi connectivity index (χ0) is 13.0. The summed E-state index contributed by atoms with van der Waals surface area (Å²) in [4.78, 5) is 0. The third kappa shape index (κ3) is 3.49. The molecule has 2 atom stereocenters. The van der Waals surface area contributed by atoms with Gasteiger partial charge < -0.3 is 10.1 Å². The van der Waals surface area contributed by atoms with Crippen LogP contribution >= 0.6 is 0 Å². The molecule has 0 heterocycles. The van der Waals surface area contributed by atoms with Crippen LogP contribution in [0.5, 0.6) is 5.75 Å². The van der Waals surface area contributed by atoms with E-state index in [2.05, 4.69) is 37.4 Å². The Labute approximate surface area is 111 Å². The summed E-state index contributed by atoms with van der Waals surface area (Å²) in [6, 6.07) is 9.31. The summed E-state index contributed by atoms with van der Waals surface area (Å²) in [5.74, 6) is 1.90. The standard InChI is InChI=1S/C16H25NO/c1-12(10-14-6-4-7-14)17-13(2)15-8-5-9-16(11-15)18-3/h5,8-9,11-14,17H,4,6-7,10H2,1-3H3/t12?,13-/m0/s1. The van der Waals surface area contributed by atoms with Crippen LogP contribution in [0.25, 0.3) is 0 Å². The lowest BCUT2D eigenvalue weighted by atomic mass is 9.81. The first-order valence-electron chi connectivity index (χ1n) is 7.09. The van der Waals surface area contributed by atoms with Crippen molar-refractivity contribution in [3.63, 3.8) is 0 Å². The van der Waals surface area contributed by atoms with Gasteiger partial charge >= 0.3 is 0 Å². The van der Waals surface area contributed by atoms with Gasteiger partial charge in [-0.05, 0) is 43.9 Å². The van der Waals surface area contributed by atoms with Gasteiger partial charge in [-0.1, -0.05) is 31.4 Å². The highest BCUT2D eigenvalue weighted by molar-refractivity contribution is 5.30. The second-order valence-electron chi connectivity index (χ2n) is 5.60. The number of methoxy groups -OCH3 is 1. The Kier molecular flexibility index (Phi) is 4.65. The SMILES string of the molecule is COc1cccc([C@H](C)NC(C)CC2CCC2)c1. The minimum Gasteiger partial charge on any atom is -0.497 e. The minimum absolute atomic E-state index is 0.384. The van der Waals surface area contributed by atoms with Gasteiger partial charge in [-0.25, -0.2) is 0 Å². The predicted octanol–water partition coefficient (Wildman–Crippen LogP) is 3.92. The molecule has 1 aliphatic rings. The number of rotatable bonds is 6. The molecule has 0 aliphatic heterocycles. The number of hydrogen-bond acceptors (Lipinski definition) is 2. The van der Waals surface area contributed by atoms with Crippen molar-refractivity contribution in [2.45, 2.75) is 51.6 Å². The topological polar surface area (TPSA) is 21.3 Å². The molecule has 1 unspecified atom stereocenters. The molecule has 0 spiro atoms. The molecule has 1 aromatic rings. The normalized spacial score (nSPS) is 19.1. The van der Waals surface area contributed by atoms with Gasteiger partial charge in [-0.3, -0.25) is 0 Å². The van der Waals surface area contributed by atoms with Crippen LogP contribution in [0.3, 0.4) is 0 Å². The van der Waals surface area contributed by atoms with Gasteiger partial charge in [0.05, 0.1) is 7.11 Å². The van der Waals surface area contributed by atoms with Crippen LogP contribution in [0.15, 0.2) is 24.3 Å². The van der Waals surface area contributed by atoms with Gasteiger partial charge in [0.1, 0.15) is 5.75 Å². The minimum atomic E-state index is 0.384. The summed E-state index contributed by atoms with van der Waals surface area (Å²) in [5.41, 5.74) is 1.30. The Hall–Kier alpha value is -1.02. The van der Waals surface area contributed by atoms with Gasteiger partial charge in [-0.2, -0.15) is 0 Å². The zero-order valence-corrected chi connectivity index (χ0v) is 11.8. The van der Waals surface area contributed by atoms with Crippen molar-refractivity contribution in [3.05, 3.63) is 29.8 Å². The summed E-state index contributed by atoms with van der Waals surface area (Å²) < 4.78 is 5.27. The van der Waals surface area contributed by atoms with E-state index in [-0.39, 0.29) is 0 Å². The smallest absolute Gasteiger partial charge is 0.119 e. The van der Waals surface area contributed by atoms with Crippen molar-refractivity contribution in [1.29, 1.82) is 0 Å². The van der Waals surface area contributed by atoms with E-state index in [9.17, 15) is 0 Å². The van der Waals surface area contributed by atoms with Crippen LogP contribution in [0.4, 0.5) is 0 Å². The molecule has 1 aromatic carbocycles. The molecule has 1 N–H and O–H groups in total. The molecule has 100 valence electrons. The van der Waals surface area contributed by atoms with Crippen molar-refractivity contribution in [3.8, 4) is 5.75 Å². The second kappa shape index (κ2) is 6.24. The average Bonchev–Trinajstić information content (AvgIpc) is 2.34. The molecule has 2 rings (SSSR count). The molecule has 1 fully saturated rings. The molecule has 1 aliphatic carbocycles. The summed E-state index contributed by atoms with van der Waals surface area (Å²) in [6.45, 7) is 4.53. The van der Waals surface area contributed by atoms with Crippen LogP contribution in [0, 0.1) is 5.92 Å². The van der Waals surface area contributed by atoms with E-state index in [4.69, 9.17) is 4.74 Å². The first-order valence-corrected chi connectivity index (χ1v) is 7.09. The Morgan fingerprint density at radius 1 is 1.33 bits per heavy atom. The predicted molar refractivity (Wildman–Crippen MR) is 76.0 cm³/mol. The van der Waals surface area contributed by atoms with Crippen LogP contribution in [-0.4, -0.2) is 13.2 Å². The van der Waals surface area contributed by atoms with Gasteiger partial charge in [0.15, 0.2) is 0 Å². The molecule has 1 saturated carbocycles. The van der Waals surface area contributed by atoms with Gasteiger partial charge in [0.25, 0.3) is 0 Å². The molecule has 18 heavy (non-hydrogen) atoms. The Morgan fingerprint density at radius 3 is 2.72 bits per heavy atom. The zero-order valence-electron chi connectivity index (χ0n) is 11.8. The average molecular weight is 247 g/mol. The highest BCUT2D eigenvalue weighted by Crippen LogP contribution is 2.31. The summed E-state index contributed by atoms with van der Waals surface area (Å²) in [6.07, 6.45) is 5.61. The Balaban J connectivity index is 1.87. The molecule has 0 bridgehead atoms. The fourth-order valence-electron chi connectivity index (χ4n) is 2.73. The lowest BCUT2D eigenvalue weighted by Crippen LogP contribution is -2.32.